The molecular formula is C21H24N6O4S. The summed E-state index contributed by atoms with van der Waals surface area (Å²) < 4.78 is 33.6. The predicted molar refractivity (Wildman–Crippen MR) is 116 cm³/mol. The van der Waals surface area contributed by atoms with Gasteiger partial charge >= 0.3 is 0 Å². The van der Waals surface area contributed by atoms with E-state index in [0.29, 0.717) is 42.4 Å². The van der Waals surface area contributed by atoms with Gasteiger partial charge in [0, 0.05) is 18.0 Å². The summed E-state index contributed by atoms with van der Waals surface area (Å²) in [7, 11) is -3.71. The fourth-order valence-corrected chi connectivity index (χ4v) is 4.89. The average molecular weight is 457 g/mol. The molecule has 2 heterocycles. The molecule has 0 unspecified atom stereocenters. The van der Waals surface area contributed by atoms with Gasteiger partial charge in [-0.1, -0.05) is 11.2 Å². The smallest absolute Gasteiger partial charge is 0.280 e. The molecule has 2 saturated carbocycles. The Bertz CT molecular complexity index is 1270. The SMILES string of the molecule is Cc1ccc(S(=O)(=O)NCC2CC(O)C2)cc1-c1cnc(N)c(-c2nc(C3CC3)no2)n1. The fraction of sp³-hybridized carbons (Fsp3) is 0.429. The molecule has 2 fully saturated rings. The van der Waals surface area contributed by atoms with E-state index in [0.717, 1.165) is 18.4 Å². The molecule has 0 saturated heterocycles. The van der Waals surface area contributed by atoms with E-state index >= 15 is 0 Å². The van der Waals surface area contributed by atoms with Gasteiger partial charge in [-0.05, 0) is 56.2 Å². The first-order valence-corrected chi connectivity index (χ1v) is 12.0. The Balaban J connectivity index is 1.44. The van der Waals surface area contributed by atoms with E-state index < -0.39 is 10.0 Å². The average Bonchev–Trinajstić information content (AvgIpc) is 3.48. The van der Waals surface area contributed by atoms with Gasteiger partial charge in [0.05, 0.1) is 22.9 Å². The van der Waals surface area contributed by atoms with Gasteiger partial charge in [0.25, 0.3) is 5.89 Å². The van der Waals surface area contributed by atoms with Crippen LogP contribution in [0.1, 0.15) is 43.0 Å². The zero-order chi connectivity index (χ0) is 22.5. The minimum atomic E-state index is -3.71. The summed E-state index contributed by atoms with van der Waals surface area (Å²) in [5, 5.41) is 13.4. The van der Waals surface area contributed by atoms with Crippen LogP contribution in [0.25, 0.3) is 22.8 Å². The van der Waals surface area contributed by atoms with Crippen LogP contribution in [-0.2, 0) is 10.0 Å². The van der Waals surface area contributed by atoms with E-state index in [2.05, 4.69) is 24.8 Å². The van der Waals surface area contributed by atoms with Crippen LogP contribution >= 0.6 is 0 Å². The summed E-state index contributed by atoms with van der Waals surface area (Å²) in [5.74, 6) is 1.48. The highest BCUT2D eigenvalue weighted by Gasteiger charge is 2.30. The van der Waals surface area contributed by atoms with E-state index in [1.54, 1.807) is 18.2 Å². The molecule has 2 aromatic heterocycles. The largest absolute Gasteiger partial charge is 0.393 e. The number of nitrogens with two attached hydrogens (primary N) is 1. The fourth-order valence-electron chi connectivity index (χ4n) is 3.75. The number of nitrogens with zero attached hydrogens (tertiary/aromatic N) is 4. The third-order valence-corrected chi connectivity index (χ3v) is 7.38. The maximum Gasteiger partial charge on any atom is 0.280 e. The molecule has 5 rings (SSSR count). The maximum atomic E-state index is 12.8. The van der Waals surface area contributed by atoms with Gasteiger partial charge in [0.1, 0.15) is 0 Å². The van der Waals surface area contributed by atoms with Crippen LogP contribution < -0.4 is 10.5 Å². The van der Waals surface area contributed by atoms with Crippen LogP contribution in [0.15, 0.2) is 33.8 Å². The van der Waals surface area contributed by atoms with Crippen molar-refractivity contribution >= 4 is 15.8 Å². The highest BCUT2D eigenvalue weighted by molar-refractivity contribution is 7.89. The lowest BCUT2D eigenvalue weighted by Gasteiger charge is -2.31. The Morgan fingerprint density at radius 1 is 1.25 bits per heavy atom. The zero-order valence-electron chi connectivity index (χ0n) is 17.5. The van der Waals surface area contributed by atoms with Crippen LogP contribution in [0.2, 0.25) is 0 Å². The number of nitrogens with one attached hydrogen (secondary N) is 1. The van der Waals surface area contributed by atoms with Gasteiger partial charge in [-0.3, -0.25) is 0 Å². The number of anilines is 1. The van der Waals surface area contributed by atoms with Crippen molar-refractivity contribution in [1.29, 1.82) is 0 Å². The molecule has 32 heavy (non-hydrogen) atoms. The van der Waals surface area contributed by atoms with E-state index in [-0.39, 0.29) is 34.3 Å². The van der Waals surface area contributed by atoms with E-state index in [9.17, 15) is 13.5 Å². The molecule has 2 aliphatic rings. The third-order valence-electron chi connectivity index (χ3n) is 5.96. The summed E-state index contributed by atoms with van der Waals surface area (Å²) in [6.07, 6.45) is 4.48. The number of aryl methyl sites for hydroxylation is 1. The summed E-state index contributed by atoms with van der Waals surface area (Å²) in [4.78, 5) is 13.3. The van der Waals surface area contributed by atoms with Crippen molar-refractivity contribution in [2.24, 2.45) is 5.92 Å². The molecule has 2 aliphatic carbocycles. The van der Waals surface area contributed by atoms with Gasteiger partial charge in [0.15, 0.2) is 17.3 Å². The van der Waals surface area contributed by atoms with E-state index in [4.69, 9.17) is 10.3 Å². The summed E-state index contributed by atoms with van der Waals surface area (Å²) in [5.41, 5.74) is 8.19. The molecule has 1 aromatic carbocycles. The van der Waals surface area contributed by atoms with Gasteiger partial charge in [-0.2, -0.15) is 4.98 Å². The first kappa shape index (κ1) is 21.0. The Hall–Kier alpha value is -2.89. The molecule has 4 N–H and O–H groups in total. The van der Waals surface area contributed by atoms with Gasteiger partial charge in [-0.15, -0.1) is 0 Å². The van der Waals surface area contributed by atoms with Crippen LogP contribution in [0, 0.1) is 12.8 Å². The maximum absolute atomic E-state index is 12.8. The molecule has 3 aromatic rings. The van der Waals surface area contributed by atoms with Crippen molar-refractivity contribution in [1.82, 2.24) is 24.8 Å². The van der Waals surface area contributed by atoms with Gasteiger partial charge in [-0.25, -0.2) is 23.1 Å². The van der Waals surface area contributed by atoms with Crippen molar-refractivity contribution in [2.45, 2.75) is 49.5 Å². The van der Waals surface area contributed by atoms with Crippen molar-refractivity contribution in [3.05, 3.63) is 35.8 Å². The number of aliphatic hydroxyl groups excluding tert-OH is 1. The Morgan fingerprint density at radius 3 is 2.75 bits per heavy atom. The number of hydrogen-bond donors (Lipinski definition) is 3. The number of sulfonamides is 1. The van der Waals surface area contributed by atoms with Crippen molar-refractivity contribution in [3.8, 4) is 22.8 Å². The van der Waals surface area contributed by atoms with Crippen molar-refractivity contribution in [2.75, 3.05) is 12.3 Å². The molecule has 0 radical (unpaired) electrons. The second-order valence-electron chi connectivity index (χ2n) is 8.54. The normalized spacial score (nSPS) is 20.8. The zero-order valence-corrected chi connectivity index (χ0v) is 18.3. The molecule has 10 nitrogen and oxygen atoms in total. The predicted octanol–water partition coefficient (Wildman–Crippen LogP) is 2.01. The lowest BCUT2D eigenvalue weighted by atomic mass is 9.83. The molecule has 0 atom stereocenters. The Kier molecular flexibility index (Phi) is 5.19. The van der Waals surface area contributed by atoms with Crippen LogP contribution in [0.5, 0.6) is 0 Å². The van der Waals surface area contributed by atoms with Crippen LogP contribution in [-0.4, -0.2) is 46.3 Å². The molecule has 0 spiro atoms. The number of aromatic nitrogens is 4. The summed E-state index contributed by atoms with van der Waals surface area (Å²) in [6.45, 7) is 2.17. The van der Waals surface area contributed by atoms with E-state index in [1.807, 2.05) is 6.92 Å². The lowest BCUT2D eigenvalue weighted by Crippen LogP contribution is -2.38. The quantitative estimate of drug-likeness (QED) is 0.483. The Morgan fingerprint density at radius 2 is 2.03 bits per heavy atom. The number of nitrogen functional groups attached to an aromatic ring is 1. The number of hydrogen-bond acceptors (Lipinski definition) is 9. The number of benzene rings is 1. The summed E-state index contributed by atoms with van der Waals surface area (Å²) >= 11 is 0. The lowest BCUT2D eigenvalue weighted by molar-refractivity contribution is 0.0453. The first-order chi connectivity index (χ1) is 15.3. The third kappa shape index (κ3) is 4.10. The second-order valence-corrected chi connectivity index (χ2v) is 10.3. The van der Waals surface area contributed by atoms with Gasteiger partial charge in [0.2, 0.25) is 10.0 Å². The second kappa shape index (κ2) is 7.91. The summed E-state index contributed by atoms with van der Waals surface area (Å²) in [6, 6.07) is 4.86. The topological polar surface area (TPSA) is 157 Å². The van der Waals surface area contributed by atoms with Crippen molar-refractivity contribution in [3.63, 3.8) is 0 Å². The minimum Gasteiger partial charge on any atom is -0.393 e. The van der Waals surface area contributed by atoms with Crippen molar-refractivity contribution < 1.29 is 18.0 Å². The highest BCUT2D eigenvalue weighted by atomic mass is 32.2. The number of rotatable bonds is 7. The molecule has 168 valence electrons. The molecule has 0 amide bonds. The molecule has 11 heteroatoms. The molecule has 0 bridgehead atoms. The van der Waals surface area contributed by atoms with Gasteiger partial charge < -0.3 is 15.4 Å². The minimum absolute atomic E-state index is 0.131. The monoisotopic (exact) mass is 456 g/mol. The highest BCUT2D eigenvalue weighted by Crippen LogP contribution is 2.39. The van der Waals surface area contributed by atoms with Crippen LogP contribution in [0.4, 0.5) is 5.82 Å². The Labute approximate surface area is 185 Å². The number of aliphatic hydroxyl groups is 1. The standard InChI is InChI=1S/C21H24N6O4S/c1-11-2-5-15(32(29,30)24-9-12-6-14(28)7-12)8-16(11)17-10-23-19(22)18(25-17)21-26-20(27-31-21)13-3-4-13/h2,5,8,10,12-14,24,28H,3-4,6-7,9H2,1H3,(H2,22,23). The first-order valence-electron chi connectivity index (χ1n) is 10.6. The van der Waals surface area contributed by atoms with E-state index in [1.165, 1.54) is 6.20 Å². The molecule has 0 aliphatic heterocycles. The van der Waals surface area contributed by atoms with Crippen LogP contribution in [0.3, 0.4) is 0 Å². The molecular weight excluding hydrogens is 432 g/mol.